The van der Waals surface area contributed by atoms with Gasteiger partial charge in [-0.05, 0) is 197 Å². The van der Waals surface area contributed by atoms with Gasteiger partial charge in [-0.1, -0.05) is 409 Å². The molecule has 99 heavy (non-hydrogen) atoms. The smallest absolute Gasteiger partial charge is 0.0132 e. The fourth-order valence-corrected chi connectivity index (χ4v) is 10.2. The van der Waals surface area contributed by atoms with Crippen LogP contribution < -0.4 is 0 Å². The molecule has 13 rings (SSSR count). The zero-order valence-corrected chi connectivity index (χ0v) is 63.9. The van der Waals surface area contributed by atoms with Gasteiger partial charge in [0.05, 0.1) is 0 Å². The second-order valence-electron chi connectivity index (χ2n) is 27.5. The highest BCUT2D eigenvalue weighted by Gasteiger charge is 2.12. The van der Waals surface area contributed by atoms with E-state index in [2.05, 4.69) is 430 Å². The lowest BCUT2D eigenvalue weighted by atomic mass is 9.87. The molecule has 0 spiro atoms. The normalized spacial score (nSPS) is 9.90. The molecule has 0 saturated carbocycles. The van der Waals surface area contributed by atoms with E-state index < -0.39 is 0 Å². The van der Waals surface area contributed by atoms with E-state index in [1.165, 1.54) is 133 Å². The van der Waals surface area contributed by atoms with Gasteiger partial charge >= 0.3 is 0 Å². The van der Waals surface area contributed by atoms with Gasteiger partial charge in [0.15, 0.2) is 0 Å². The van der Waals surface area contributed by atoms with Gasteiger partial charge < -0.3 is 0 Å². The SMILES string of the molecule is Cc1cc(C)cc(C)c1.Cc1ccc(-c2ccccc2)cc1.Cc1ccc(C(C)(C)C)cc1.Cc1ccc(C)c(C)c1.Cc1ccc(C)cc1.Cc1ccc(CCc2ccccc2)cc1.Cc1ccc2ccccc2c1.Cc1cccc(C)c1.Cc1ccccc1.Cc1ccccc1C. The van der Waals surface area contributed by atoms with Gasteiger partial charge in [0, 0.05) is 0 Å². The molecule has 0 nitrogen and oxygen atoms in total. The van der Waals surface area contributed by atoms with E-state index >= 15 is 0 Å². The van der Waals surface area contributed by atoms with Crippen molar-refractivity contribution in [2.24, 2.45) is 0 Å². The molecule has 0 aliphatic rings. The molecule has 512 valence electrons. The van der Waals surface area contributed by atoms with Gasteiger partial charge in [-0.25, -0.2) is 0 Å². The lowest BCUT2D eigenvalue weighted by Gasteiger charge is -2.18. The molecular formula is C99H116. The van der Waals surface area contributed by atoms with Crippen molar-refractivity contribution >= 4 is 10.8 Å². The van der Waals surface area contributed by atoms with Crippen LogP contribution in [0.15, 0.2) is 315 Å². The average molecular weight is 1310 g/mol. The Morgan fingerprint density at radius 3 is 0.869 bits per heavy atom. The maximum atomic E-state index is 2.23. The minimum Gasteiger partial charge on any atom is -0.0622 e. The number of rotatable bonds is 4. The Morgan fingerprint density at radius 2 is 0.475 bits per heavy atom. The Balaban J connectivity index is 0.000000236. The van der Waals surface area contributed by atoms with Crippen LogP contribution in [0.1, 0.15) is 132 Å². The minimum absolute atomic E-state index is 0.285. The van der Waals surface area contributed by atoms with Gasteiger partial charge in [-0.3, -0.25) is 0 Å². The average Bonchev–Trinajstić information content (AvgIpc) is 1.00. The topological polar surface area (TPSA) is 0 Å². The molecule has 0 amide bonds. The van der Waals surface area contributed by atoms with E-state index in [4.69, 9.17) is 0 Å². The third kappa shape index (κ3) is 35.8. The zero-order valence-electron chi connectivity index (χ0n) is 63.9. The highest BCUT2D eigenvalue weighted by molar-refractivity contribution is 5.82. The zero-order chi connectivity index (χ0) is 72.5. The molecule has 0 bridgehead atoms. The van der Waals surface area contributed by atoms with Crippen molar-refractivity contribution in [2.45, 2.75) is 157 Å². The molecule has 0 atom stereocenters. The molecule has 0 aliphatic heterocycles. The van der Waals surface area contributed by atoms with Crippen molar-refractivity contribution in [3.05, 3.63) is 427 Å². The van der Waals surface area contributed by atoms with Crippen molar-refractivity contribution in [2.75, 3.05) is 0 Å². The van der Waals surface area contributed by atoms with E-state index in [1.54, 1.807) is 0 Å². The predicted octanol–water partition coefficient (Wildman–Crippen LogP) is 28.0. The molecular weight excluding hydrogens is 1190 g/mol. The highest BCUT2D eigenvalue weighted by atomic mass is 14.2. The molecule has 13 aromatic rings. The number of aryl methyl sites for hydroxylation is 19. The van der Waals surface area contributed by atoms with Crippen molar-refractivity contribution in [1.82, 2.24) is 0 Å². The largest absolute Gasteiger partial charge is 0.0622 e. The van der Waals surface area contributed by atoms with E-state index in [0.29, 0.717) is 0 Å². The first kappa shape index (κ1) is 81.5. The van der Waals surface area contributed by atoms with Crippen LogP contribution in [-0.4, -0.2) is 0 Å². The third-order valence-corrected chi connectivity index (χ3v) is 16.4. The summed E-state index contributed by atoms with van der Waals surface area (Å²) in [6.45, 7) is 42.7. The highest BCUT2D eigenvalue weighted by Crippen LogP contribution is 2.23. The molecule has 0 heteroatoms. The lowest BCUT2D eigenvalue weighted by molar-refractivity contribution is 0.590. The Hall–Kier alpha value is -9.88. The molecule has 0 radical (unpaired) electrons. The summed E-state index contributed by atoms with van der Waals surface area (Å²) in [7, 11) is 0. The number of benzene rings is 13. The van der Waals surface area contributed by atoms with Crippen LogP contribution in [-0.2, 0) is 18.3 Å². The summed E-state index contributed by atoms with van der Waals surface area (Å²) in [5, 5.41) is 2.64. The molecule has 0 heterocycles. The predicted molar refractivity (Wildman–Crippen MR) is 440 cm³/mol. The first-order chi connectivity index (χ1) is 47.2. The molecule has 0 saturated heterocycles. The Morgan fingerprint density at radius 1 is 0.182 bits per heavy atom. The van der Waals surface area contributed by atoms with Gasteiger partial charge in [-0.2, -0.15) is 0 Å². The summed E-state index contributed by atoms with van der Waals surface area (Å²) in [6, 6.07) is 111. The Kier molecular flexibility index (Phi) is 36.9. The van der Waals surface area contributed by atoms with Crippen LogP contribution in [0.3, 0.4) is 0 Å². The maximum Gasteiger partial charge on any atom is -0.0132 e. The monoisotopic (exact) mass is 1300 g/mol. The van der Waals surface area contributed by atoms with Gasteiger partial charge in [-0.15, -0.1) is 0 Å². The van der Waals surface area contributed by atoms with E-state index in [1.807, 2.05) is 24.3 Å². The number of hydrogen-bond donors (Lipinski definition) is 0. The molecule has 0 aromatic heterocycles. The van der Waals surface area contributed by atoms with Crippen LogP contribution >= 0.6 is 0 Å². The molecule has 0 N–H and O–H groups in total. The van der Waals surface area contributed by atoms with Crippen molar-refractivity contribution < 1.29 is 0 Å². The van der Waals surface area contributed by atoms with Crippen molar-refractivity contribution in [3.8, 4) is 11.1 Å². The Labute approximate surface area is 601 Å². The van der Waals surface area contributed by atoms with Gasteiger partial charge in [0.2, 0.25) is 0 Å². The van der Waals surface area contributed by atoms with Crippen LogP contribution in [0.5, 0.6) is 0 Å². The number of hydrogen-bond acceptors (Lipinski definition) is 0. The molecule has 0 aliphatic carbocycles. The summed E-state index contributed by atoms with van der Waals surface area (Å²) < 4.78 is 0. The quantitative estimate of drug-likeness (QED) is 0.165. The lowest BCUT2D eigenvalue weighted by Crippen LogP contribution is -2.10. The first-order valence-corrected chi connectivity index (χ1v) is 35.2. The van der Waals surface area contributed by atoms with Crippen LogP contribution in [0, 0.1) is 118 Å². The molecule has 0 fully saturated rings. The van der Waals surface area contributed by atoms with Crippen LogP contribution in [0.4, 0.5) is 0 Å². The van der Waals surface area contributed by atoms with E-state index in [9.17, 15) is 0 Å². The maximum absolute atomic E-state index is 2.23. The fraction of sp³-hybridized carbons (Fsp3) is 0.232. The minimum atomic E-state index is 0.285. The standard InChI is InChI=1S/C15H16.C13H12.C11H10.C11H16.2C9H12.3C8H10.C7H8/c1-13-7-9-15(10-8-13)12-11-14-5-3-2-4-6-14;1-11-7-9-13(10-8-11)12-5-3-2-4-6-12;1-9-6-7-10-4-2-3-5-11(10)8-9;1-9-5-7-10(8-6-9)11(2,3)4;1-7-4-8(2)6-9(3)5-7;1-7-4-5-8(2)9(3)6-7;1-7-3-5-8(2)6-4-7;1-7-4-3-5-8(2)6-7;1-7-5-3-4-6-8(7)2;1-7-5-3-2-4-6-7/h2-10H,11-12H2,1H3;2-10H,1H3;2-8H,1H3;5-8H,1-4H3;2*4-6H,1-3H3;3*3-6H,1-2H3;2-6H,1H3. The molecule has 0 unspecified atom stereocenters. The van der Waals surface area contributed by atoms with Gasteiger partial charge in [0.25, 0.3) is 0 Å². The summed E-state index contributed by atoms with van der Waals surface area (Å²) in [4.78, 5) is 0. The van der Waals surface area contributed by atoms with Gasteiger partial charge in [0.1, 0.15) is 0 Å². The van der Waals surface area contributed by atoms with E-state index in [0.717, 1.165) is 12.8 Å². The van der Waals surface area contributed by atoms with Crippen molar-refractivity contribution in [3.63, 3.8) is 0 Å². The number of fused-ring (bicyclic) bond motifs is 1. The summed E-state index contributed by atoms with van der Waals surface area (Å²) in [5.41, 5.74) is 29.9. The summed E-state index contributed by atoms with van der Waals surface area (Å²) in [6.07, 6.45) is 2.26. The van der Waals surface area contributed by atoms with Crippen LogP contribution in [0.25, 0.3) is 21.9 Å². The third-order valence-electron chi connectivity index (χ3n) is 16.4. The van der Waals surface area contributed by atoms with Crippen LogP contribution in [0.2, 0.25) is 0 Å². The van der Waals surface area contributed by atoms with Crippen molar-refractivity contribution in [1.29, 1.82) is 0 Å². The fourth-order valence-electron chi connectivity index (χ4n) is 10.2. The summed E-state index contributed by atoms with van der Waals surface area (Å²) in [5.74, 6) is 0. The first-order valence-electron chi connectivity index (χ1n) is 35.2. The second-order valence-corrected chi connectivity index (χ2v) is 27.5. The van der Waals surface area contributed by atoms with E-state index in [-0.39, 0.29) is 5.41 Å². The summed E-state index contributed by atoms with van der Waals surface area (Å²) >= 11 is 0. The second kappa shape index (κ2) is 44.8. The molecule has 13 aromatic carbocycles. The Bertz CT molecular complexity index is 4170.